The van der Waals surface area contributed by atoms with Crippen LogP contribution in [-0.4, -0.2) is 43.9 Å². The van der Waals surface area contributed by atoms with Gasteiger partial charge in [0, 0.05) is 23.4 Å². The van der Waals surface area contributed by atoms with Crippen LogP contribution in [0.1, 0.15) is 11.1 Å². The van der Waals surface area contributed by atoms with E-state index in [0.717, 1.165) is 43.5 Å². The maximum absolute atomic E-state index is 12.8. The van der Waals surface area contributed by atoms with Crippen LogP contribution in [0.4, 0.5) is 32.0 Å². The number of nitro benzene ring substituents is 1. The summed E-state index contributed by atoms with van der Waals surface area (Å²) in [5.41, 5.74) is -6.38. The molecular weight excluding hydrogens is 548 g/mol. The van der Waals surface area contributed by atoms with Crippen molar-refractivity contribution in [1.82, 2.24) is 0 Å². The zero-order valence-electron chi connectivity index (χ0n) is 17.9. The van der Waals surface area contributed by atoms with Crippen LogP contribution >= 0.6 is 11.8 Å². The Balaban J connectivity index is 2.52. The molecular formula is C19H15F6NO8S2. The van der Waals surface area contributed by atoms with Crippen molar-refractivity contribution in [1.29, 1.82) is 0 Å². The third kappa shape index (κ3) is 8.18. The van der Waals surface area contributed by atoms with Crippen LogP contribution < -0.4 is 8.92 Å². The fourth-order valence-electron chi connectivity index (χ4n) is 2.50. The largest absolute Gasteiger partial charge is 0.534 e. The number of non-ortho nitro benzene ring substituents is 1. The van der Waals surface area contributed by atoms with E-state index in [9.17, 15) is 49.7 Å². The lowest BCUT2D eigenvalue weighted by Gasteiger charge is -2.16. The van der Waals surface area contributed by atoms with Gasteiger partial charge in [-0.15, -0.1) is 11.8 Å². The first-order valence-corrected chi connectivity index (χ1v) is 11.9. The highest BCUT2D eigenvalue weighted by molar-refractivity contribution is 7.98. The van der Waals surface area contributed by atoms with Crippen LogP contribution in [0.25, 0.3) is 0 Å². The summed E-state index contributed by atoms with van der Waals surface area (Å²) in [4.78, 5) is 21.8. The van der Waals surface area contributed by atoms with E-state index in [1.807, 2.05) is 0 Å². The lowest BCUT2D eigenvalue weighted by molar-refractivity contribution is -0.384. The van der Waals surface area contributed by atoms with Crippen LogP contribution in [0.15, 0.2) is 36.4 Å². The van der Waals surface area contributed by atoms with Gasteiger partial charge in [0.05, 0.1) is 24.2 Å². The van der Waals surface area contributed by atoms with E-state index in [1.165, 1.54) is 0 Å². The molecule has 0 unspecified atom stereocenters. The molecule has 9 nitrogen and oxygen atoms in total. The van der Waals surface area contributed by atoms with Crippen molar-refractivity contribution in [3.63, 3.8) is 0 Å². The van der Waals surface area contributed by atoms with Gasteiger partial charge in [0.2, 0.25) is 0 Å². The van der Waals surface area contributed by atoms with Crippen LogP contribution in [0.2, 0.25) is 0 Å². The molecule has 2 rings (SSSR count). The minimum atomic E-state index is -6.15. The summed E-state index contributed by atoms with van der Waals surface area (Å²) < 4.78 is 113. The number of carbonyl (C=O) groups is 1. The smallest absolute Gasteiger partial charge is 0.469 e. The number of nitro groups is 1. The highest BCUT2D eigenvalue weighted by Crippen LogP contribution is 2.39. The lowest BCUT2D eigenvalue weighted by Crippen LogP contribution is -2.28. The second kappa shape index (κ2) is 11.2. The van der Waals surface area contributed by atoms with Crippen molar-refractivity contribution in [3.05, 3.63) is 57.6 Å². The summed E-state index contributed by atoms with van der Waals surface area (Å²) in [6.45, 7) is 0. The summed E-state index contributed by atoms with van der Waals surface area (Å²) in [7, 11) is -5.09. The molecule has 17 heteroatoms. The molecule has 0 bridgehead atoms. The van der Waals surface area contributed by atoms with E-state index in [0.29, 0.717) is 11.8 Å². The summed E-state index contributed by atoms with van der Waals surface area (Å²) >= 11 is 0.326. The van der Waals surface area contributed by atoms with Gasteiger partial charge in [0.1, 0.15) is 5.75 Å². The van der Waals surface area contributed by atoms with E-state index in [-0.39, 0.29) is 16.9 Å². The topological polar surface area (TPSA) is 122 Å². The Hall–Kier alpha value is -3.21. The van der Waals surface area contributed by atoms with Crippen LogP contribution in [0, 0.1) is 10.1 Å². The predicted octanol–water partition coefficient (Wildman–Crippen LogP) is 5.13. The number of benzene rings is 2. The maximum atomic E-state index is 12.8. The van der Waals surface area contributed by atoms with Gasteiger partial charge in [0.15, 0.2) is 11.5 Å². The Morgan fingerprint density at radius 2 is 1.67 bits per heavy atom. The fourth-order valence-corrected chi connectivity index (χ4v) is 3.75. The molecule has 36 heavy (non-hydrogen) atoms. The van der Waals surface area contributed by atoms with Crippen molar-refractivity contribution in [2.45, 2.75) is 23.9 Å². The summed E-state index contributed by atoms with van der Waals surface area (Å²) in [6.07, 6.45) is -4.96. The van der Waals surface area contributed by atoms with Crippen molar-refractivity contribution >= 4 is 33.5 Å². The molecule has 0 fully saturated rings. The molecule has 0 atom stereocenters. The molecule has 0 N–H and O–H groups in total. The Labute approximate surface area is 203 Å². The van der Waals surface area contributed by atoms with Gasteiger partial charge in [-0.2, -0.15) is 34.8 Å². The molecule has 0 amide bonds. The number of esters is 1. The maximum Gasteiger partial charge on any atom is 0.534 e. The molecule has 0 heterocycles. The highest BCUT2D eigenvalue weighted by Gasteiger charge is 2.49. The lowest BCUT2D eigenvalue weighted by atomic mass is 10.1. The van der Waals surface area contributed by atoms with Gasteiger partial charge in [-0.1, -0.05) is 6.07 Å². The number of methoxy groups -OCH3 is 1. The van der Waals surface area contributed by atoms with E-state index in [2.05, 4.69) is 8.92 Å². The van der Waals surface area contributed by atoms with E-state index < -0.39 is 67.8 Å². The van der Waals surface area contributed by atoms with E-state index in [4.69, 9.17) is 4.74 Å². The molecule has 0 saturated heterocycles. The van der Waals surface area contributed by atoms with Crippen molar-refractivity contribution in [2.75, 3.05) is 12.9 Å². The summed E-state index contributed by atoms with van der Waals surface area (Å²) in [6, 6.07) is 5.55. The number of rotatable bonds is 10. The number of nitrogens with zero attached hydrogens (tertiary/aromatic N) is 1. The summed E-state index contributed by atoms with van der Waals surface area (Å²) in [5, 5.41) is 11.1. The third-order valence-corrected chi connectivity index (χ3v) is 6.08. The normalized spacial score (nSPS) is 12.2. The number of hydrogen-bond acceptors (Lipinski definition) is 9. The highest BCUT2D eigenvalue weighted by atomic mass is 32.2. The predicted molar refractivity (Wildman–Crippen MR) is 113 cm³/mol. The van der Waals surface area contributed by atoms with Gasteiger partial charge in [0.25, 0.3) is 5.69 Å². The average molecular weight is 563 g/mol. The number of alkyl halides is 6. The van der Waals surface area contributed by atoms with Crippen LogP contribution in [-0.2, 0) is 31.8 Å². The molecule has 2 aromatic rings. The minimum absolute atomic E-state index is 0.0866. The molecule has 0 radical (unpaired) electrons. The van der Waals surface area contributed by atoms with Gasteiger partial charge >= 0.3 is 27.8 Å². The molecule has 0 aliphatic carbocycles. The quantitative estimate of drug-likeness (QED) is 0.0967. The van der Waals surface area contributed by atoms with Crippen LogP contribution in [0.5, 0.6) is 17.2 Å². The zero-order valence-corrected chi connectivity index (χ0v) is 19.5. The molecule has 0 aliphatic heterocycles. The van der Waals surface area contributed by atoms with Gasteiger partial charge in [-0.3, -0.25) is 14.9 Å². The number of carbonyl (C=O) groups excluding carboxylic acids is 1. The van der Waals surface area contributed by atoms with Crippen molar-refractivity contribution in [3.8, 4) is 17.2 Å². The molecule has 198 valence electrons. The Kier molecular flexibility index (Phi) is 9.06. The van der Waals surface area contributed by atoms with Gasteiger partial charge in [-0.05, 0) is 23.8 Å². The third-order valence-electron chi connectivity index (χ3n) is 4.07. The molecule has 0 spiro atoms. The average Bonchev–Trinajstić information content (AvgIpc) is 2.74. The van der Waals surface area contributed by atoms with Gasteiger partial charge in [-0.25, -0.2) is 0 Å². The number of thioether (sulfide) groups is 1. The standard InChI is InChI=1S/C19H15F6NO8S2/c1-32-17(27)7-11-2-4-15(34-36(30,31)19(23,24)25)16(6-11)33-14-5-3-13(26(28)29)8-12(14)9-35-10-18(20,21)22/h2-6,8H,7,9-10H2,1H3. The van der Waals surface area contributed by atoms with E-state index >= 15 is 0 Å². The Bertz CT molecular complexity index is 1230. The Morgan fingerprint density at radius 1 is 1.03 bits per heavy atom. The Morgan fingerprint density at radius 3 is 2.22 bits per heavy atom. The molecule has 0 saturated carbocycles. The first-order chi connectivity index (χ1) is 16.5. The van der Waals surface area contributed by atoms with Crippen molar-refractivity contribution < 1.29 is 58.1 Å². The molecule has 2 aromatic carbocycles. The second-order valence-corrected chi connectivity index (χ2v) is 9.30. The van der Waals surface area contributed by atoms with Crippen LogP contribution in [0.3, 0.4) is 0 Å². The monoisotopic (exact) mass is 563 g/mol. The number of ether oxygens (including phenoxy) is 2. The van der Waals surface area contributed by atoms with Gasteiger partial charge < -0.3 is 13.7 Å². The van der Waals surface area contributed by atoms with E-state index in [1.54, 1.807) is 0 Å². The SMILES string of the molecule is COC(=O)Cc1ccc(OS(=O)(=O)C(F)(F)F)c(Oc2ccc([N+](=O)[O-])cc2CSCC(F)(F)F)c1. The first-order valence-electron chi connectivity index (χ1n) is 9.32. The zero-order chi connectivity index (χ0) is 27.3. The first kappa shape index (κ1) is 29.0. The fraction of sp³-hybridized carbons (Fsp3) is 0.316. The summed E-state index contributed by atoms with van der Waals surface area (Å²) in [5.74, 6) is -4.51. The molecule has 0 aromatic heterocycles. The minimum Gasteiger partial charge on any atom is -0.469 e. The number of hydrogen-bond donors (Lipinski definition) is 0. The number of halogens is 6. The van der Waals surface area contributed by atoms with Crippen molar-refractivity contribution in [2.24, 2.45) is 0 Å². The second-order valence-electron chi connectivity index (χ2n) is 6.78. The molecule has 0 aliphatic rings.